The molecule has 1 aliphatic rings. The van der Waals surface area contributed by atoms with Crippen LogP contribution >= 0.6 is 0 Å². The van der Waals surface area contributed by atoms with Gasteiger partial charge in [-0.1, -0.05) is 17.7 Å². The lowest BCUT2D eigenvalue weighted by Gasteiger charge is -2.27. The molecule has 3 amide bonds. The van der Waals surface area contributed by atoms with Gasteiger partial charge in [0.1, 0.15) is 12.3 Å². The number of hydrogen-bond acceptors (Lipinski definition) is 5. The molecule has 0 aliphatic carbocycles. The maximum atomic E-state index is 13.2. The number of hydrogen-bond donors (Lipinski definition) is 1. The van der Waals surface area contributed by atoms with Gasteiger partial charge in [0, 0.05) is 18.8 Å². The third-order valence-electron chi connectivity index (χ3n) is 4.86. The Morgan fingerprint density at radius 2 is 1.63 bits per heavy atom. The highest BCUT2D eigenvalue weighted by atomic mass is 32.2. The normalized spacial score (nSPS) is 13.7. The largest absolute Gasteiger partial charge is 0.497 e. The van der Waals surface area contributed by atoms with Crippen molar-refractivity contribution >= 4 is 27.6 Å². The van der Waals surface area contributed by atoms with Crippen LogP contribution in [0.3, 0.4) is 0 Å². The van der Waals surface area contributed by atoms with Crippen LogP contribution < -0.4 is 10.1 Å². The van der Waals surface area contributed by atoms with Gasteiger partial charge < -0.3 is 15.0 Å². The van der Waals surface area contributed by atoms with E-state index in [1.165, 1.54) is 24.1 Å². The first-order valence-electron chi connectivity index (χ1n) is 9.63. The van der Waals surface area contributed by atoms with E-state index in [0.717, 1.165) is 18.4 Å². The first-order valence-corrected chi connectivity index (χ1v) is 11.1. The lowest BCUT2D eigenvalue weighted by Crippen LogP contribution is -2.48. The Bertz CT molecular complexity index is 998. The van der Waals surface area contributed by atoms with Crippen molar-refractivity contribution in [1.82, 2.24) is 9.21 Å². The highest BCUT2D eigenvalue weighted by molar-refractivity contribution is 7.89. The molecule has 0 saturated carbocycles. The Balaban J connectivity index is 1.84. The Morgan fingerprint density at radius 1 is 1.03 bits per heavy atom. The molecule has 2 aromatic carbocycles. The molecule has 1 N–H and O–H groups in total. The molecular formula is C21H25N3O5S. The Kier molecular flexibility index (Phi) is 6.61. The number of nitrogens with one attached hydrogen (secondary N) is 1. The van der Waals surface area contributed by atoms with Gasteiger partial charge in [-0.05, 0) is 56.2 Å². The highest BCUT2D eigenvalue weighted by Gasteiger charge is 2.35. The summed E-state index contributed by atoms with van der Waals surface area (Å²) in [6, 6.07) is 12.1. The van der Waals surface area contributed by atoms with E-state index in [1.807, 2.05) is 6.92 Å². The van der Waals surface area contributed by atoms with E-state index in [4.69, 9.17) is 4.74 Å². The molecule has 3 rings (SSSR count). The summed E-state index contributed by atoms with van der Waals surface area (Å²) in [5.41, 5.74) is 1.37. The van der Waals surface area contributed by atoms with E-state index in [2.05, 4.69) is 5.32 Å². The van der Waals surface area contributed by atoms with Gasteiger partial charge in [-0.2, -0.15) is 0 Å². The van der Waals surface area contributed by atoms with Crippen molar-refractivity contribution in [3.8, 4) is 5.75 Å². The number of carbonyl (C=O) groups excluding carboxylic acids is 2. The van der Waals surface area contributed by atoms with Crippen LogP contribution in [0.2, 0.25) is 0 Å². The van der Waals surface area contributed by atoms with Gasteiger partial charge in [-0.25, -0.2) is 17.5 Å². The molecule has 1 fully saturated rings. The molecule has 0 unspecified atom stereocenters. The second-order valence-corrected chi connectivity index (χ2v) is 8.94. The molecule has 1 aliphatic heterocycles. The van der Waals surface area contributed by atoms with Crippen molar-refractivity contribution in [2.24, 2.45) is 0 Å². The highest BCUT2D eigenvalue weighted by Crippen LogP contribution is 2.21. The van der Waals surface area contributed by atoms with Gasteiger partial charge >= 0.3 is 6.03 Å². The second-order valence-electron chi connectivity index (χ2n) is 7.08. The Morgan fingerprint density at radius 3 is 2.20 bits per heavy atom. The smallest absolute Gasteiger partial charge is 0.334 e. The van der Waals surface area contributed by atoms with Gasteiger partial charge in [-0.3, -0.25) is 4.79 Å². The number of likely N-dealkylation sites (tertiary alicyclic amines) is 1. The summed E-state index contributed by atoms with van der Waals surface area (Å²) < 4.78 is 32.1. The standard InChI is InChI=1S/C21H25N3O5S/c1-16-5-11-19(12-6-16)30(27,28)24(21(26)23-13-3-4-14-23)15-20(25)22-17-7-9-18(29-2)10-8-17/h5-12H,3-4,13-15H2,1-2H3,(H,22,25). The minimum atomic E-state index is -4.19. The van der Waals surface area contributed by atoms with Crippen LogP contribution in [0.1, 0.15) is 18.4 Å². The molecule has 0 atom stereocenters. The molecule has 0 radical (unpaired) electrons. The molecule has 0 spiro atoms. The topological polar surface area (TPSA) is 96.0 Å². The summed E-state index contributed by atoms with van der Waals surface area (Å²) in [5, 5.41) is 2.63. The minimum Gasteiger partial charge on any atom is -0.497 e. The Labute approximate surface area is 176 Å². The number of carbonyl (C=O) groups is 2. The number of nitrogens with zero attached hydrogens (tertiary/aromatic N) is 2. The number of aryl methyl sites for hydroxylation is 1. The molecule has 30 heavy (non-hydrogen) atoms. The van der Waals surface area contributed by atoms with Crippen molar-refractivity contribution in [2.45, 2.75) is 24.7 Å². The fourth-order valence-corrected chi connectivity index (χ4v) is 4.51. The minimum absolute atomic E-state index is 0.0297. The molecule has 160 valence electrons. The predicted molar refractivity (Wildman–Crippen MR) is 113 cm³/mol. The number of amides is 3. The third kappa shape index (κ3) is 4.91. The van der Waals surface area contributed by atoms with Crippen molar-refractivity contribution in [2.75, 3.05) is 32.1 Å². The number of urea groups is 1. The molecule has 1 saturated heterocycles. The maximum absolute atomic E-state index is 13.2. The summed E-state index contributed by atoms with van der Waals surface area (Å²) in [6.45, 7) is 2.17. The molecule has 9 heteroatoms. The van der Waals surface area contributed by atoms with Crippen molar-refractivity contribution in [3.63, 3.8) is 0 Å². The average Bonchev–Trinajstić information content (AvgIpc) is 3.27. The number of rotatable bonds is 6. The van der Waals surface area contributed by atoms with Crippen molar-refractivity contribution < 1.29 is 22.7 Å². The fraction of sp³-hybridized carbons (Fsp3) is 0.333. The van der Waals surface area contributed by atoms with Crippen LogP contribution in [0.25, 0.3) is 0 Å². The van der Waals surface area contributed by atoms with Gasteiger partial charge in [-0.15, -0.1) is 0 Å². The van der Waals surface area contributed by atoms with E-state index in [9.17, 15) is 18.0 Å². The molecular weight excluding hydrogens is 406 g/mol. The average molecular weight is 432 g/mol. The van der Waals surface area contributed by atoms with Crippen LogP contribution in [0.15, 0.2) is 53.4 Å². The zero-order valence-electron chi connectivity index (χ0n) is 17.0. The monoisotopic (exact) mass is 431 g/mol. The van der Waals surface area contributed by atoms with Gasteiger partial charge in [0.05, 0.1) is 12.0 Å². The van der Waals surface area contributed by atoms with Gasteiger partial charge in [0.15, 0.2) is 0 Å². The first kappa shape index (κ1) is 21.6. The fourth-order valence-electron chi connectivity index (χ4n) is 3.16. The zero-order chi connectivity index (χ0) is 21.7. The van der Waals surface area contributed by atoms with Crippen molar-refractivity contribution in [1.29, 1.82) is 0 Å². The first-order chi connectivity index (χ1) is 14.3. The van der Waals surface area contributed by atoms with E-state index in [1.54, 1.807) is 36.4 Å². The third-order valence-corrected chi connectivity index (χ3v) is 6.59. The summed E-state index contributed by atoms with van der Waals surface area (Å²) in [6.07, 6.45) is 1.62. The summed E-state index contributed by atoms with van der Waals surface area (Å²) in [5.74, 6) is 0.0178. The van der Waals surface area contributed by atoms with Crippen LogP contribution in [0.5, 0.6) is 5.75 Å². The number of methoxy groups -OCH3 is 1. The quantitative estimate of drug-likeness (QED) is 0.759. The summed E-state index contributed by atoms with van der Waals surface area (Å²) in [7, 11) is -2.66. The lowest BCUT2D eigenvalue weighted by molar-refractivity contribution is -0.116. The Hall–Kier alpha value is -3.07. The predicted octanol–water partition coefficient (Wildman–Crippen LogP) is 2.85. The van der Waals surface area contributed by atoms with Gasteiger partial charge in [0.2, 0.25) is 5.91 Å². The van der Waals surface area contributed by atoms with Crippen LogP contribution in [-0.2, 0) is 14.8 Å². The van der Waals surface area contributed by atoms with E-state index < -0.39 is 28.5 Å². The summed E-state index contributed by atoms with van der Waals surface area (Å²) >= 11 is 0. The number of ether oxygens (including phenoxy) is 1. The molecule has 1 heterocycles. The number of sulfonamides is 1. The maximum Gasteiger partial charge on any atom is 0.334 e. The summed E-state index contributed by atoms with van der Waals surface area (Å²) in [4.78, 5) is 27.0. The zero-order valence-corrected chi connectivity index (χ0v) is 17.8. The second kappa shape index (κ2) is 9.17. The van der Waals surface area contributed by atoms with Crippen LogP contribution in [-0.4, -0.2) is 56.3 Å². The van der Waals surface area contributed by atoms with E-state index in [-0.39, 0.29) is 4.90 Å². The SMILES string of the molecule is COc1ccc(NC(=O)CN(C(=O)N2CCCC2)S(=O)(=O)c2ccc(C)cc2)cc1. The van der Waals surface area contributed by atoms with Crippen LogP contribution in [0, 0.1) is 6.92 Å². The molecule has 8 nitrogen and oxygen atoms in total. The van der Waals surface area contributed by atoms with E-state index >= 15 is 0 Å². The van der Waals surface area contributed by atoms with Crippen molar-refractivity contribution in [3.05, 3.63) is 54.1 Å². The van der Waals surface area contributed by atoms with E-state index in [0.29, 0.717) is 28.8 Å². The molecule has 0 aromatic heterocycles. The number of anilines is 1. The lowest BCUT2D eigenvalue weighted by atomic mass is 10.2. The molecule has 2 aromatic rings. The van der Waals surface area contributed by atoms with Gasteiger partial charge in [0.25, 0.3) is 10.0 Å². The number of benzene rings is 2. The van der Waals surface area contributed by atoms with Crippen LogP contribution in [0.4, 0.5) is 10.5 Å². The molecule has 0 bridgehead atoms.